The Bertz CT molecular complexity index is 917. The summed E-state index contributed by atoms with van der Waals surface area (Å²) in [7, 11) is -0.713. The van der Waals surface area contributed by atoms with Gasteiger partial charge in [-0.15, -0.1) is 0 Å². The lowest BCUT2D eigenvalue weighted by Crippen LogP contribution is -2.30. The Morgan fingerprint density at radius 1 is 1.12 bits per heavy atom. The van der Waals surface area contributed by atoms with Crippen LogP contribution < -0.4 is 10.1 Å². The molecule has 0 saturated carbocycles. The highest BCUT2D eigenvalue weighted by Crippen LogP contribution is 2.27. The van der Waals surface area contributed by atoms with Crippen LogP contribution in [-0.2, 0) is 14.8 Å². The van der Waals surface area contributed by atoms with Crippen LogP contribution in [0.1, 0.15) is 6.92 Å². The van der Waals surface area contributed by atoms with Gasteiger partial charge in [-0.1, -0.05) is 29.3 Å². The second kappa shape index (κ2) is 8.26. The minimum absolute atomic E-state index is 0.0818. The van der Waals surface area contributed by atoms with Crippen molar-refractivity contribution in [3.63, 3.8) is 0 Å². The number of ether oxygens (including phenoxy) is 1. The zero-order valence-corrected chi connectivity index (χ0v) is 16.7. The van der Waals surface area contributed by atoms with E-state index < -0.39 is 22.0 Å². The Labute approximate surface area is 162 Å². The monoisotopic (exact) mass is 416 g/mol. The molecule has 2 aromatic carbocycles. The molecule has 26 heavy (non-hydrogen) atoms. The van der Waals surface area contributed by atoms with Crippen LogP contribution in [0.15, 0.2) is 47.4 Å². The molecule has 0 aliphatic heterocycles. The number of nitrogens with zero attached hydrogens (tertiary/aromatic N) is 1. The summed E-state index contributed by atoms with van der Waals surface area (Å²) in [6.45, 7) is 1.57. The maximum atomic E-state index is 12.3. The van der Waals surface area contributed by atoms with Crippen LogP contribution in [0.4, 0.5) is 5.69 Å². The smallest absolute Gasteiger partial charge is 0.265 e. The Morgan fingerprint density at radius 2 is 1.81 bits per heavy atom. The topological polar surface area (TPSA) is 75.7 Å². The summed E-state index contributed by atoms with van der Waals surface area (Å²) < 4.78 is 31.0. The van der Waals surface area contributed by atoms with Gasteiger partial charge >= 0.3 is 0 Å². The van der Waals surface area contributed by atoms with Crippen molar-refractivity contribution >= 4 is 44.8 Å². The van der Waals surface area contributed by atoms with Gasteiger partial charge in [0.25, 0.3) is 5.91 Å². The largest absolute Gasteiger partial charge is 0.481 e. The lowest BCUT2D eigenvalue weighted by atomic mass is 10.3. The van der Waals surface area contributed by atoms with Gasteiger partial charge in [0.15, 0.2) is 6.10 Å². The van der Waals surface area contributed by atoms with E-state index in [1.54, 1.807) is 31.2 Å². The second-order valence-electron chi connectivity index (χ2n) is 5.64. The van der Waals surface area contributed by atoms with Crippen molar-refractivity contribution in [2.24, 2.45) is 0 Å². The predicted molar refractivity (Wildman–Crippen MR) is 102 cm³/mol. The molecule has 0 bridgehead atoms. The molecule has 0 aromatic heterocycles. The van der Waals surface area contributed by atoms with Crippen LogP contribution in [0.25, 0.3) is 0 Å². The number of carbonyl (C=O) groups excluding carboxylic acids is 1. The van der Waals surface area contributed by atoms with E-state index in [0.717, 1.165) is 4.31 Å². The fraction of sp³-hybridized carbons (Fsp3) is 0.235. The SMILES string of the molecule is CC(Oc1ccc(Cl)c(Cl)c1)C(=O)Nc1cccc(S(=O)(=O)N(C)C)c1. The zero-order valence-electron chi connectivity index (χ0n) is 14.4. The number of amides is 1. The second-order valence-corrected chi connectivity index (χ2v) is 8.61. The van der Waals surface area contributed by atoms with E-state index in [1.165, 1.54) is 32.3 Å². The van der Waals surface area contributed by atoms with Crippen LogP contribution in [0.3, 0.4) is 0 Å². The van der Waals surface area contributed by atoms with Crippen molar-refractivity contribution < 1.29 is 17.9 Å². The molecule has 0 saturated heterocycles. The van der Waals surface area contributed by atoms with Gasteiger partial charge in [0.2, 0.25) is 10.0 Å². The number of sulfonamides is 1. The fourth-order valence-electron chi connectivity index (χ4n) is 2.00. The summed E-state index contributed by atoms with van der Waals surface area (Å²) in [5, 5.41) is 3.34. The lowest BCUT2D eigenvalue weighted by Gasteiger charge is -2.16. The van der Waals surface area contributed by atoms with E-state index in [0.29, 0.717) is 21.5 Å². The molecule has 0 aliphatic rings. The van der Waals surface area contributed by atoms with Crippen LogP contribution in [0.5, 0.6) is 5.75 Å². The Kier molecular flexibility index (Phi) is 6.52. The van der Waals surface area contributed by atoms with Crippen LogP contribution in [0.2, 0.25) is 10.0 Å². The first-order valence-electron chi connectivity index (χ1n) is 7.56. The lowest BCUT2D eigenvalue weighted by molar-refractivity contribution is -0.122. The summed E-state index contributed by atoms with van der Waals surface area (Å²) in [5.41, 5.74) is 0.350. The fourth-order valence-corrected chi connectivity index (χ4v) is 3.23. The van der Waals surface area contributed by atoms with Crippen molar-refractivity contribution in [3.05, 3.63) is 52.5 Å². The van der Waals surface area contributed by atoms with Crippen LogP contribution in [-0.4, -0.2) is 38.8 Å². The number of nitrogens with one attached hydrogen (secondary N) is 1. The molecule has 1 atom stereocenters. The number of hydrogen-bond acceptors (Lipinski definition) is 4. The number of anilines is 1. The van der Waals surface area contributed by atoms with Gasteiger partial charge in [-0.25, -0.2) is 12.7 Å². The molecule has 0 spiro atoms. The van der Waals surface area contributed by atoms with Crippen molar-refractivity contribution in [1.82, 2.24) is 4.31 Å². The minimum Gasteiger partial charge on any atom is -0.481 e. The molecule has 0 fully saturated rings. The van der Waals surface area contributed by atoms with Crippen LogP contribution in [0, 0.1) is 0 Å². The number of hydrogen-bond donors (Lipinski definition) is 1. The number of halogens is 2. The van der Waals surface area contributed by atoms with Gasteiger partial charge in [0.1, 0.15) is 5.75 Å². The van der Waals surface area contributed by atoms with Gasteiger partial charge in [-0.05, 0) is 37.3 Å². The Balaban J connectivity index is 2.10. The molecule has 1 N–H and O–H groups in total. The first kappa shape index (κ1) is 20.5. The van der Waals surface area contributed by atoms with Gasteiger partial charge < -0.3 is 10.1 Å². The molecule has 0 aliphatic carbocycles. The molecule has 2 aromatic rings. The molecule has 2 rings (SSSR count). The first-order valence-corrected chi connectivity index (χ1v) is 9.76. The average Bonchev–Trinajstić information content (AvgIpc) is 2.58. The molecule has 0 radical (unpaired) electrons. The molecule has 6 nitrogen and oxygen atoms in total. The maximum absolute atomic E-state index is 12.3. The molecule has 0 heterocycles. The molecule has 1 unspecified atom stereocenters. The molecule has 1 amide bonds. The van der Waals surface area contributed by atoms with E-state index in [9.17, 15) is 13.2 Å². The number of benzene rings is 2. The summed E-state index contributed by atoms with van der Waals surface area (Å²) in [4.78, 5) is 12.4. The predicted octanol–water partition coefficient (Wildman–Crippen LogP) is 3.65. The quantitative estimate of drug-likeness (QED) is 0.779. The van der Waals surface area contributed by atoms with Gasteiger partial charge in [-0.3, -0.25) is 4.79 Å². The summed E-state index contributed by atoms with van der Waals surface area (Å²) in [6.07, 6.45) is -0.832. The van der Waals surface area contributed by atoms with E-state index in [2.05, 4.69) is 5.32 Å². The normalized spacial score (nSPS) is 12.7. The minimum atomic E-state index is -3.59. The van der Waals surface area contributed by atoms with Crippen molar-refractivity contribution in [2.45, 2.75) is 17.9 Å². The zero-order chi connectivity index (χ0) is 19.5. The summed E-state index contributed by atoms with van der Waals surface area (Å²) >= 11 is 11.8. The highest BCUT2D eigenvalue weighted by atomic mass is 35.5. The van der Waals surface area contributed by atoms with E-state index >= 15 is 0 Å². The standard InChI is InChI=1S/C17H18Cl2N2O4S/c1-11(25-13-7-8-15(18)16(19)10-13)17(22)20-12-5-4-6-14(9-12)26(23,24)21(2)3/h4-11H,1-3H3,(H,20,22). The maximum Gasteiger partial charge on any atom is 0.265 e. The third kappa shape index (κ3) is 4.88. The van der Waals surface area contributed by atoms with Crippen molar-refractivity contribution in [1.29, 1.82) is 0 Å². The molecular formula is C17H18Cl2N2O4S. The summed E-state index contributed by atoms with van der Waals surface area (Å²) in [5.74, 6) is -0.0403. The Hall–Kier alpha value is -1.80. The van der Waals surface area contributed by atoms with E-state index in [1.807, 2.05) is 0 Å². The number of carbonyl (C=O) groups is 1. The molecule has 9 heteroatoms. The van der Waals surface area contributed by atoms with Gasteiger partial charge in [-0.2, -0.15) is 0 Å². The van der Waals surface area contributed by atoms with E-state index in [-0.39, 0.29) is 4.90 Å². The number of rotatable bonds is 6. The molecule has 140 valence electrons. The molecular weight excluding hydrogens is 399 g/mol. The highest BCUT2D eigenvalue weighted by Gasteiger charge is 2.19. The van der Waals surface area contributed by atoms with Crippen molar-refractivity contribution in [3.8, 4) is 5.75 Å². The third-order valence-corrected chi connectivity index (χ3v) is 6.00. The van der Waals surface area contributed by atoms with Crippen LogP contribution >= 0.6 is 23.2 Å². The first-order chi connectivity index (χ1) is 12.1. The summed E-state index contributed by atoms with van der Waals surface area (Å²) in [6, 6.07) is 10.7. The third-order valence-electron chi connectivity index (χ3n) is 3.45. The van der Waals surface area contributed by atoms with E-state index in [4.69, 9.17) is 27.9 Å². The highest BCUT2D eigenvalue weighted by molar-refractivity contribution is 7.89. The van der Waals surface area contributed by atoms with Gasteiger partial charge in [0.05, 0.1) is 14.9 Å². The van der Waals surface area contributed by atoms with Crippen molar-refractivity contribution in [2.75, 3.05) is 19.4 Å². The van der Waals surface area contributed by atoms with Gasteiger partial charge in [0, 0.05) is 25.8 Å². The Morgan fingerprint density at radius 3 is 2.42 bits per heavy atom. The average molecular weight is 417 g/mol.